The van der Waals surface area contributed by atoms with Crippen molar-refractivity contribution in [1.29, 1.82) is 0 Å². The van der Waals surface area contributed by atoms with Crippen molar-refractivity contribution in [2.75, 3.05) is 0 Å². The molecule has 0 aliphatic heterocycles. The van der Waals surface area contributed by atoms with Gasteiger partial charge in [0.15, 0.2) is 0 Å². The molecule has 0 aromatic heterocycles. The van der Waals surface area contributed by atoms with Crippen molar-refractivity contribution in [2.45, 2.75) is 57.9 Å². The first kappa shape index (κ1) is 11.6. The zero-order valence-electron chi connectivity index (χ0n) is 8.09. The van der Waals surface area contributed by atoms with Crippen LogP contribution < -0.4 is 5.73 Å². The number of rotatable bonds is 2. The van der Waals surface area contributed by atoms with Crippen LogP contribution in [-0.4, -0.2) is 12.3 Å². The standard InChI is InChI=1S/C6H13N.C4H8O/c7-6-4-2-1-3-5-6;1-2-3-4-5/h6H,1-5,7H2;4H,2-3H2,1H3. The molecule has 0 unspecified atom stereocenters. The highest BCUT2D eigenvalue weighted by atomic mass is 16.1. The smallest absolute Gasteiger partial charge is 0.119 e. The predicted molar refractivity (Wildman–Crippen MR) is 52.0 cm³/mol. The Hall–Kier alpha value is -0.370. The van der Waals surface area contributed by atoms with Gasteiger partial charge in [0.05, 0.1) is 0 Å². The Morgan fingerprint density at radius 1 is 1.33 bits per heavy atom. The third-order valence-corrected chi connectivity index (χ3v) is 2.06. The van der Waals surface area contributed by atoms with Crippen LogP contribution in [0.4, 0.5) is 0 Å². The minimum Gasteiger partial charge on any atom is -0.328 e. The molecule has 12 heavy (non-hydrogen) atoms. The summed E-state index contributed by atoms with van der Waals surface area (Å²) in [5.74, 6) is 0. The molecule has 1 saturated carbocycles. The van der Waals surface area contributed by atoms with Gasteiger partial charge in [-0.05, 0) is 19.3 Å². The van der Waals surface area contributed by atoms with Gasteiger partial charge in [-0.25, -0.2) is 0 Å². The van der Waals surface area contributed by atoms with E-state index < -0.39 is 0 Å². The summed E-state index contributed by atoms with van der Waals surface area (Å²) in [5, 5.41) is 0. The van der Waals surface area contributed by atoms with E-state index in [2.05, 4.69) is 0 Å². The molecule has 0 heterocycles. The Kier molecular flexibility index (Phi) is 8.46. The van der Waals surface area contributed by atoms with Gasteiger partial charge in [0.2, 0.25) is 0 Å². The molecule has 0 amide bonds. The van der Waals surface area contributed by atoms with Crippen molar-refractivity contribution in [3.63, 3.8) is 0 Å². The van der Waals surface area contributed by atoms with E-state index in [4.69, 9.17) is 5.73 Å². The quantitative estimate of drug-likeness (QED) is 0.648. The monoisotopic (exact) mass is 171 g/mol. The van der Waals surface area contributed by atoms with Gasteiger partial charge in [-0.3, -0.25) is 0 Å². The van der Waals surface area contributed by atoms with E-state index in [9.17, 15) is 4.79 Å². The summed E-state index contributed by atoms with van der Waals surface area (Å²) in [6, 6.07) is 0.536. The third-order valence-electron chi connectivity index (χ3n) is 2.06. The summed E-state index contributed by atoms with van der Waals surface area (Å²) in [6.45, 7) is 1.98. The Labute approximate surface area is 75.5 Å². The van der Waals surface area contributed by atoms with Crippen molar-refractivity contribution in [1.82, 2.24) is 0 Å². The lowest BCUT2D eigenvalue weighted by molar-refractivity contribution is -0.107. The van der Waals surface area contributed by atoms with Crippen molar-refractivity contribution in [2.24, 2.45) is 5.73 Å². The Balaban J connectivity index is 0.000000217. The van der Waals surface area contributed by atoms with E-state index in [1.165, 1.54) is 32.1 Å². The second-order valence-corrected chi connectivity index (χ2v) is 3.35. The summed E-state index contributed by atoms with van der Waals surface area (Å²) < 4.78 is 0. The van der Waals surface area contributed by atoms with E-state index in [1.807, 2.05) is 6.92 Å². The number of carbonyl (C=O) groups excluding carboxylic acids is 1. The second-order valence-electron chi connectivity index (χ2n) is 3.35. The summed E-state index contributed by atoms with van der Waals surface area (Å²) in [4.78, 5) is 9.40. The molecule has 0 spiro atoms. The molecule has 2 nitrogen and oxygen atoms in total. The zero-order valence-corrected chi connectivity index (χ0v) is 8.09. The van der Waals surface area contributed by atoms with Crippen LogP contribution in [0, 0.1) is 0 Å². The van der Waals surface area contributed by atoms with Gasteiger partial charge in [-0.1, -0.05) is 26.2 Å². The number of hydrogen-bond donors (Lipinski definition) is 1. The molecule has 0 aromatic carbocycles. The van der Waals surface area contributed by atoms with Crippen molar-refractivity contribution in [3.05, 3.63) is 0 Å². The average molecular weight is 171 g/mol. The molecule has 1 fully saturated rings. The first-order valence-corrected chi connectivity index (χ1v) is 5.00. The molecule has 0 aromatic rings. The van der Waals surface area contributed by atoms with E-state index in [1.54, 1.807) is 0 Å². The average Bonchev–Trinajstić information content (AvgIpc) is 2.08. The van der Waals surface area contributed by atoms with Gasteiger partial charge < -0.3 is 10.5 Å². The fourth-order valence-electron chi connectivity index (χ4n) is 1.25. The van der Waals surface area contributed by atoms with Crippen LogP contribution in [0.1, 0.15) is 51.9 Å². The number of unbranched alkanes of at least 4 members (excludes halogenated alkanes) is 1. The Bertz CT molecular complexity index is 98.0. The minimum atomic E-state index is 0.536. The van der Waals surface area contributed by atoms with Crippen LogP contribution in [0.15, 0.2) is 0 Å². The maximum absolute atomic E-state index is 9.40. The van der Waals surface area contributed by atoms with E-state index in [0.717, 1.165) is 12.7 Å². The van der Waals surface area contributed by atoms with Crippen LogP contribution in [0.5, 0.6) is 0 Å². The molecule has 2 heteroatoms. The molecule has 0 bridgehead atoms. The molecule has 72 valence electrons. The number of hydrogen-bond acceptors (Lipinski definition) is 2. The highest BCUT2D eigenvalue weighted by Gasteiger charge is 2.06. The number of nitrogens with two attached hydrogens (primary N) is 1. The molecule has 1 rings (SSSR count). The maximum atomic E-state index is 9.40. The predicted octanol–water partition coefficient (Wildman–Crippen LogP) is 2.26. The van der Waals surface area contributed by atoms with Crippen molar-refractivity contribution < 1.29 is 4.79 Å². The molecule has 2 N–H and O–H groups in total. The van der Waals surface area contributed by atoms with Crippen LogP contribution in [0.3, 0.4) is 0 Å². The first-order chi connectivity index (χ1) is 5.81. The molecule has 0 atom stereocenters. The lowest BCUT2D eigenvalue weighted by atomic mass is 9.97. The molecule has 1 aliphatic carbocycles. The molecular weight excluding hydrogens is 150 g/mol. The molecule has 0 radical (unpaired) electrons. The van der Waals surface area contributed by atoms with Crippen LogP contribution in [0.2, 0.25) is 0 Å². The molecular formula is C10H21NO. The number of carbonyl (C=O) groups is 1. The van der Waals surface area contributed by atoms with Gasteiger partial charge in [-0.2, -0.15) is 0 Å². The molecule has 0 saturated heterocycles. The van der Waals surface area contributed by atoms with Gasteiger partial charge in [0, 0.05) is 12.5 Å². The molecule has 1 aliphatic rings. The van der Waals surface area contributed by atoms with Gasteiger partial charge in [0.25, 0.3) is 0 Å². The van der Waals surface area contributed by atoms with Gasteiger partial charge in [0.1, 0.15) is 6.29 Å². The normalized spacial score (nSPS) is 17.8. The Morgan fingerprint density at radius 2 is 1.92 bits per heavy atom. The topological polar surface area (TPSA) is 43.1 Å². The van der Waals surface area contributed by atoms with Crippen LogP contribution >= 0.6 is 0 Å². The van der Waals surface area contributed by atoms with E-state index in [0.29, 0.717) is 12.5 Å². The summed E-state index contributed by atoms with van der Waals surface area (Å²) >= 11 is 0. The fourth-order valence-corrected chi connectivity index (χ4v) is 1.25. The van der Waals surface area contributed by atoms with E-state index in [-0.39, 0.29) is 0 Å². The SMILES string of the molecule is CCCC=O.NC1CCCCC1. The second kappa shape index (κ2) is 8.72. The summed E-state index contributed by atoms with van der Waals surface area (Å²) in [6.07, 6.45) is 9.28. The minimum absolute atomic E-state index is 0.536. The van der Waals surface area contributed by atoms with Crippen molar-refractivity contribution >= 4 is 6.29 Å². The third kappa shape index (κ3) is 7.73. The number of aldehydes is 1. The highest BCUT2D eigenvalue weighted by Crippen LogP contribution is 2.14. The maximum Gasteiger partial charge on any atom is 0.119 e. The van der Waals surface area contributed by atoms with E-state index >= 15 is 0 Å². The van der Waals surface area contributed by atoms with Gasteiger partial charge >= 0.3 is 0 Å². The largest absolute Gasteiger partial charge is 0.328 e. The summed E-state index contributed by atoms with van der Waals surface area (Å²) in [7, 11) is 0. The zero-order chi connectivity index (χ0) is 9.23. The fraction of sp³-hybridized carbons (Fsp3) is 0.900. The van der Waals surface area contributed by atoms with Gasteiger partial charge in [-0.15, -0.1) is 0 Å². The van der Waals surface area contributed by atoms with Crippen LogP contribution in [0.25, 0.3) is 0 Å². The lowest BCUT2D eigenvalue weighted by Gasteiger charge is -2.15. The lowest BCUT2D eigenvalue weighted by Crippen LogP contribution is -2.22. The van der Waals surface area contributed by atoms with Crippen molar-refractivity contribution in [3.8, 4) is 0 Å². The summed E-state index contributed by atoms with van der Waals surface area (Å²) in [5.41, 5.74) is 5.63. The first-order valence-electron chi connectivity index (χ1n) is 5.00. The van der Waals surface area contributed by atoms with Crippen LogP contribution in [-0.2, 0) is 4.79 Å². The Morgan fingerprint density at radius 3 is 2.08 bits per heavy atom. The highest BCUT2D eigenvalue weighted by molar-refractivity contribution is 5.48.